The highest BCUT2D eigenvalue weighted by atomic mass is 35.5. The lowest BCUT2D eigenvalue weighted by molar-refractivity contribution is -0.167. The summed E-state index contributed by atoms with van der Waals surface area (Å²) in [5.41, 5.74) is 5.25. The fourth-order valence-corrected chi connectivity index (χ4v) is 6.04. The summed E-state index contributed by atoms with van der Waals surface area (Å²) >= 11 is 1.54. The third kappa shape index (κ3) is 3.00. The number of methoxy groups -OCH3 is 1. The average Bonchev–Trinajstić information content (AvgIpc) is 3.18. The van der Waals surface area contributed by atoms with Gasteiger partial charge in [0.15, 0.2) is 0 Å². The van der Waals surface area contributed by atoms with E-state index in [-0.39, 0.29) is 23.9 Å². The first-order chi connectivity index (χ1) is 11.1. The van der Waals surface area contributed by atoms with Crippen LogP contribution in [0.5, 0.6) is 0 Å². The third-order valence-electron chi connectivity index (χ3n) is 6.06. The van der Waals surface area contributed by atoms with E-state index in [4.69, 9.17) is 10.5 Å². The lowest BCUT2D eigenvalue weighted by Gasteiger charge is -2.55. The number of likely N-dealkylation sites (tertiary alicyclic amines) is 1. The Balaban J connectivity index is 0.00000169. The molecule has 1 aromatic heterocycles. The molecule has 0 unspecified atom stereocenters. The molecule has 1 amide bonds. The number of hydrogen-bond donors (Lipinski definition) is 1. The number of nitrogens with two attached hydrogens (primary N) is 1. The first kappa shape index (κ1) is 18.2. The number of hydrogen-bond acceptors (Lipinski definition) is 4. The summed E-state index contributed by atoms with van der Waals surface area (Å²) in [4.78, 5) is 16.0. The van der Waals surface area contributed by atoms with Crippen molar-refractivity contribution >= 4 is 29.7 Å². The number of piperidine rings is 1. The van der Waals surface area contributed by atoms with E-state index < -0.39 is 0 Å². The summed E-state index contributed by atoms with van der Waals surface area (Å²) in [6, 6.07) is 3.95. The first-order valence-electron chi connectivity index (χ1n) is 8.81. The topological polar surface area (TPSA) is 55.6 Å². The first-order valence-corrected chi connectivity index (χ1v) is 9.62. The van der Waals surface area contributed by atoms with Crippen molar-refractivity contribution in [3.63, 3.8) is 0 Å². The van der Waals surface area contributed by atoms with Gasteiger partial charge in [-0.05, 0) is 43.7 Å². The highest BCUT2D eigenvalue weighted by molar-refractivity contribution is 7.14. The number of fused-ring (bicyclic) bond motifs is 2. The number of amides is 1. The van der Waals surface area contributed by atoms with Gasteiger partial charge in [0.1, 0.15) is 5.60 Å². The van der Waals surface area contributed by atoms with Crippen LogP contribution in [0.15, 0.2) is 12.1 Å². The van der Waals surface area contributed by atoms with Gasteiger partial charge in [-0.15, -0.1) is 23.7 Å². The fourth-order valence-electron chi connectivity index (χ4n) is 4.86. The van der Waals surface area contributed by atoms with Crippen molar-refractivity contribution in [3.05, 3.63) is 21.9 Å². The standard InChI is InChI=1S/C18H26N2O2S.ClH/c1-22-18(16-8-7-15(23-16)17(19)21)13-3-2-4-14(18)11-20(10-13)9-12-5-6-12;/h7-8,12-14H,2-6,9-11H2,1H3,(H2,19,21);1H/t13-,14+,18+;. The Morgan fingerprint density at radius 3 is 2.46 bits per heavy atom. The van der Waals surface area contributed by atoms with Crippen LogP contribution in [-0.4, -0.2) is 37.6 Å². The molecule has 2 saturated carbocycles. The molecule has 0 aromatic carbocycles. The van der Waals surface area contributed by atoms with E-state index in [0.717, 1.165) is 19.0 Å². The molecule has 3 aliphatic rings. The van der Waals surface area contributed by atoms with E-state index in [1.807, 2.05) is 13.2 Å². The lowest BCUT2D eigenvalue weighted by Crippen LogP contribution is -2.59. The Bertz CT molecular complexity index is 588. The van der Waals surface area contributed by atoms with Crippen molar-refractivity contribution in [3.8, 4) is 0 Å². The monoisotopic (exact) mass is 370 g/mol. The van der Waals surface area contributed by atoms with E-state index in [1.54, 1.807) is 0 Å². The van der Waals surface area contributed by atoms with Gasteiger partial charge in [0, 0.05) is 43.5 Å². The van der Waals surface area contributed by atoms with Crippen molar-refractivity contribution in [2.45, 2.75) is 37.7 Å². The Hall–Kier alpha value is -0.620. The van der Waals surface area contributed by atoms with Crippen LogP contribution in [0.25, 0.3) is 0 Å². The summed E-state index contributed by atoms with van der Waals surface area (Å²) in [6.07, 6.45) is 6.55. The molecule has 3 atom stereocenters. The minimum atomic E-state index is -0.330. The maximum absolute atomic E-state index is 11.5. The van der Waals surface area contributed by atoms with Crippen molar-refractivity contribution in [1.82, 2.24) is 4.90 Å². The Morgan fingerprint density at radius 2 is 1.96 bits per heavy atom. The largest absolute Gasteiger partial charge is 0.372 e. The number of ether oxygens (including phenoxy) is 1. The van der Waals surface area contributed by atoms with E-state index in [1.165, 1.54) is 54.9 Å². The van der Waals surface area contributed by atoms with Gasteiger partial charge in [-0.3, -0.25) is 4.79 Å². The lowest BCUT2D eigenvalue weighted by atomic mass is 9.64. The summed E-state index contributed by atoms with van der Waals surface area (Å²) < 4.78 is 6.23. The smallest absolute Gasteiger partial charge is 0.258 e. The summed E-state index contributed by atoms with van der Waals surface area (Å²) in [6.45, 7) is 3.53. The van der Waals surface area contributed by atoms with Crippen molar-refractivity contribution in [1.29, 1.82) is 0 Å². The molecule has 1 aliphatic heterocycles. The van der Waals surface area contributed by atoms with Crippen LogP contribution in [0.2, 0.25) is 0 Å². The second-order valence-corrected chi connectivity index (χ2v) is 8.60. The highest BCUT2D eigenvalue weighted by Crippen LogP contribution is 2.53. The Kier molecular flexibility index (Phi) is 5.26. The van der Waals surface area contributed by atoms with Crippen LogP contribution in [0.4, 0.5) is 0 Å². The van der Waals surface area contributed by atoms with Gasteiger partial charge in [-0.1, -0.05) is 6.42 Å². The number of nitrogens with zero attached hydrogens (tertiary/aromatic N) is 1. The molecule has 2 aliphatic carbocycles. The molecule has 1 saturated heterocycles. The molecule has 6 heteroatoms. The molecule has 2 bridgehead atoms. The molecular weight excluding hydrogens is 344 g/mol. The second-order valence-electron chi connectivity index (χ2n) is 7.51. The normalized spacial score (nSPS) is 33.0. The maximum Gasteiger partial charge on any atom is 0.258 e. The fraction of sp³-hybridized carbons (Fsp3) is 0.722. The van der Waals surface area contributed by atoms with Crippen LogP contribution < -0.4 is 5.73 Å². The minimum Gasteiger partial charge on any atom is -0.372 e. The van der Waals surface area contributed by atoms with Gasteiger partial charge in [0.2, 0.25) is 0 Å². The Morgan fingerprint density at radius 1 is 1.29 bits per heavy atom. The van der Waals surface area contributed by atoms with Gasteiger partial charge in [-0.25, -0.2) is 0 Å². The molecule has 1 aromatic rings. The molecule has 2 heterocycles. The number of carbonyl (C=O) groups is 1. The molecule has 4 nitrogen and oxygen atoms in total. The molecule has 24 heavy (non-hydrogen) atoms. The van der Waals surface area contributed by atoms with Crippen LogP contribution in [0, 0.1) is 17.8 Å². The number of thiophene rings is 1. The van der Waals surface area contributed by atoms with E-state index >= 15 is 0 Å². The molecule has 3 fully saturated rings. The highest BCUT2D eigenvalue weighted by Gasteiger charge is 2.54. The molecule has 4 rings (SSSR count). The predicted octanol–water partition coefficient (Wildman–Crippen LogP) is 3.25. The zero-order valence-corrected chi connectivity index (χ0v) is 15.8. The molecule has 134 valence electrons. The van der Waals surface area contributed by atoms with Gasteiger partial charge in [0.25, 0.3) is 5.91 Å². The van der Waals surface area contributed by atoms with Crippen LogP contribution >= 0.6 is 23.7 Å². The van der Waals surface area contributed by atoms with Crippen LogP contribution in [0.1, 0.15) is 46.7 Å². The van der Waals surface area contributed by atoms with E-state index in [0.29, 0.717) is 16.7 Å². The molecule has 0 radical (unpaired) electrons. The summed E-state index contributed by atoms with van der Waals surface area (Å²) in [5.74, 6) is 1.66. The SMILES string of the molecule is CO[C@@]1(c2ccc(C(N)=O)s2)[C@@H]2CCC[C@H]1CN(CC1CC1)C2.Cl. The summed E-state index contributed by atoms with van der Waals surface area (Å²) in [5, 5.41) is 0. The van der Waals surface area contributed by atoms with Crippen molar-refractivity contribution < 1.29 is 9.53 Å². The quantitative estimate of drug-likeness (QED) is 0.865. The number of halogens is 1. The van der Waals surface area contributed by atoms with Crippen LogP contribution in [0.3, 0.4) is 0 Å². The molecule has 2 N–H and O–H groups in total. The number of primary amides is 1. The molecular formula is C18H27ClN2O2S. The van der Waals surface area contributed by atoms with E-state index in [2.05, 4.69) is 11.0 Å². The van der Waals surface area contributed by atoms with Crippen molar-refractivity contribution in [2.24, 2.45) is 23.5 Å². The number of carbonyl (C=O) groups excluding carboxylic acids is 1. The Labute approximate surface area is 154 Å². The van der Waals surface area contributed by atoms with Crippen molar-refractivity contribution in [2.75, 3.05) is 26.7 Å². The third-order valence-corrected chi connectivity index (χ3v) is 7.29. The van der Waals surface area contributed by atoms with Gasteiger partial charge >= 0.3 is 0 Å². The van der Waals surface area contributed by atoms with Gasteiger partial charge < -0.3 is 15.4 Å². The minimum absolute atomic E-state index is 0. The summed E-state index contributed by atoms with van der Waals surface area (Å²) in [7, 11) is 1.85. The number of rotatable bonds is 5. The zero-order chi connectivity index (χ0) is 16.0. The van der Waals surface area contributed by atoms with Crippen LogP contribution in [-0.2, 0) is 10.3 Å². The second kappa shape index (κ2) is 6.94. The van der Waals surface area contributed by atoms with Gasteiger partial charge in [0.05, 0.1) is 4.88 Å². The van der Waals surface area contributed by atoms with Gasteiger partial charge in [-0.2, -0.15) is 0 Å². The average molecular weight is 371 g/mol. The zero-order valence-electron chi connectivity index (χ0n) is 14.2. The van der Waals surface area contributed by atoms with E-state index in [9.17, 15) is 4.79 Å². The maximum atomic E-state index is 11.5. The predicted molar refractivity (Wildman–Crippen MR) is 98.8 cm³/mol. The molecule has 0 spiro atoms.